The van der Waals surface area contributed by atoms with E-state index in [2.05, 4.69) is 0 Å². The number of aromatic hydroxyl groups is 2. The average molecular weight is 354 g/mol. The van der Waals surface area contributed by atoms with Gasteiger partial charge in [0.15, 0.2) is 0 Å². The topological polar surface area (TPSA) is 100 Å². The molecule has 1 aliphatic rings. The molecule has 0 unspecified atom stereocenters. The number of benzene rings is 2. The molecule has 134 valence electrons. The molecule has 2 aromatic carbocycles. The van der Waals surface area contributed by atoms with Gasteiger partial charge in [0.2, 0.25) is 5.43 Å². The smallest absolute Gasteiger partial charge is 0.204 e. The second-order valence-corrected chi connectivity index (χ2v) is 7.07. The van der Waals surface area contributed by atoms with Gasteiger partial charge in [-0.3, -0.25) is 4.79 Å². The molecular formula is C20H18O6. The fraction of sp³-hybridized carbons (Fsp3) is 0.250. The first-order valence-corrected chi connectivity index (χ1v) is 8.24. The van der Waals surface area contributed by atoms with Gasteiger partial charge in [-0.2, -0.15) is 0 Å². The maximum Gasteiger partial charge on any atom is 0.204 e. The molecular weight excluding hydrogens is 336 g/mol. The number of phenols is 2. The molecule has 4 rings (SSSR count). The third-order valence-electron chi connectivity index (χ3n) is 4.71. The zero-order valence-electron chi connectivity index (χ0n) is 14.3. The van der Waals surface area contributed by atoms with Crippen molar-refractivity contribution < 1.29 is 24.5 Å². The third-order valence-corrected chi connectivity index (χ3v) is 4.71. The summed E-state index contributed by atoms with van der Waals surface area (Å²) in [5.74, 6) is 0.265. The van der Waals surface area contributed by atoms with Crippen LogP contribution in [0.5, 0.6) is 17.2 Å². The number of ether oxygens (including phenoxy) is 1. The molecule has 1 aliphatic heterocycles. The fourth-order valence-electron chi connectivity index (χ4n) is 3.23. The molecule has 2 heterocycles. The zero-order chi connectivity index (χ0) is 18.6. The van der Waals surface area contributed by atoms with Crippen molar-refractivity contribution >= 4 is 11.0 Å². The van der Waals surface area contributed by atoms with Gasteiger partial charge in [-0.25, -0.2) is 0 Å². The molecule has 1 atom stereocenters. The highest BCUT2D eigenvalue weighted by atomic mass is 16.5. The standard InChI is InChI=1S/C20H18O6/c1-20(2,24)16-7-12-15(26-16)8-14(22)17-18(23)13(9-25-19(12)17)10-3-5-11(21)6-4-10/h3-6,8-9,16,21-22,24H,7H2,1-2H3/t16-/m0/s1. The summed E-state index contributed by atoms with van der Waals surface area (Å²) in [7, 11) is 0. The van der Waals surface area contributed by atoms with Gasteiger partial charge in [-0.05, 0) is 31.5 Å². The lowest BCUT2D eigenvalue weighted by molar-refractivity contribution is -0.0229. The average Bonchev–Trinajstić information content (AvgIpc) is 3.00. The van der Waals surface area contributed by atoms with Gasteiger partial charge < -0.3 is 24.5 Å². The van der Waals surface area contributed by atoms with Crippen LogP contribution in [0.4, 0.5) is 0 Å². The lowest BCUT2D eigenvalue weighted by Gasteiger charge is -2.24. The van der Waals surface area contributed by atoms with Crippen LogP contribution in [0.15, 0.2) is 45.8 Å². The summed E-state index contributed by atoms with van der Waals surface area (Å²) in [6, 6.07) is 7.55. The molecule has 3 N–H and O–H groups in total. The van der Waals surface area contributed by atoms with Crippen molar-refractivity contribution in [2.45, 2.75) is 32.0 Å². The van der Waals surface area contributed by atoms with Crippen molar-refractivity contribution in [1.29, 1.82) is 0 Å². The van der Waals surface area contributed by atoms with Crippen molar-refractivity contribution in [3.63, 3.8) is 0 Å². The maximum absolute atomic E-state index is 12.9. The quantitative estimate of drug-likeness (QED) is 0.654. The van der Waals surface area contributed by atoms with E-state index < -0.39 is 11.7 Å². The number of rotatable bonds is 2. The van der Waals surface area contributed by atoms with Crippen LogP contribution in [0.1, 0.15) is 19.4 Å². The van der Waals surface area contributed by atoms with Crippen LogP contribution in [0.2, 0.25) is 0 Å². The first-order valence-electron chi connectivity index (χ1n) is 8.24. The second kappa shape index (κ2) is 5.51. The van der Waals surface area contributed by atoms with Crippen LogP contribution < -0.4 is 10.2 Å². The Morgan fingerprint density at radius 1 is 1.15 bits per heavy atom. The highest BCUT2D eigenvalue weighted by Crippen LogP contribution is 2.41. The van der Waals surface area contributed by atoms with Crippen molar-refractivity contribution in [3.05, 3.63) is 52.4 Å². The van der Waals surface area contributed by atoms with E-state index in [9.17, 15) is 20.1 Å². The minimum absolute atomic E-state index is 0.0781. The van der Waals surface area contributed by atoms with E-state index in [1.165, 1.54) is 24.5 Å². The predicted octanol–water partition coefficient (Wildman–Crippen LogP) is 2.95. The Bertz CT molecular complexity index is 1060. The predicted molar refractivity (Wildman–Crippen MR) is 95.7 cm³/mol. The molecule has 3 aromatic rings. The largest absolute Gasteiger partial charge is 0.508 e. The Hall–Kier alpha value is -2.99. The van der Waals surface area contributed by atoms with Crippen LogP contribution in [-0.4, -0.2) is 27.0 Å². The molecule has 0 spiro atoms. The van der Waals surface area contributed by atoms with Crippen LogP contribution in [0, 0.1) is 0 Å². The minimum Gasteiger partial charge on any atom is -0.508 e. The Labute approximate surface area is 148 Å². The van der Waals surface area contributed by atoms with Crippen LogP contribution >= 0.6 is 0 Å². The summed E-state index contributed by atoms with van der Waals surface area (Å²) >= 11 is 0. The van der Waals surface area contributed by atoms with Crippen LogP contribution in [0.3, 0.4) is 0 Å². The summed E-state index contributed by atoms with van der Waals surface area (Å²) in [5.41, 5.74) is 0.324. The van der Waals surface area contributed by atoms with Crippen molar-refractivity contribution in [1.82, 2.24) is 0 Å². The fourth-order valence-corrected chi connectivity index (χ4v) is 3.23. The van der Waals surface area contributed by atoms with Gasteiger partial charge in [0.1, 0.15) is 40.6 Å². The van der Waals surface area contributed by atoms with E-state index in [0.29, 0.717) is 23.3 Å². The van der Waals surface area contributed by atoms with Gasteiger partial charge in [0.05, 0.1) is 11.2 Å². The lowest BCUT2D eigenvalue weighted by atomic mass is 9.96. The molecule has 0 radical (unpaired) electrons. The highest BCUT2D eigenvalue weighted by Gasteiger charge is 2.37. The Kier molecular flexibility index (Phi) is 3.49. The monoisotopic (exact) mass is 354 g/mol. The molecule has 0 fully saturated rings. The van der Waals surface area contributed by atoms with E-state index in [-0.39, 0.29) is 33.5 Å². The summed E-state index contributed by atoms with van der Waals surface area (Å²) in [6.45, 7) is 3.29. The Balaban J connectivity index is 1.91. The first kappa shape index (κ1) is 16.5. The molecule has 0 saturated carbocycles. The van der Waals surface area contributed by atoms with Crippen molar-refractivity contribution in [3.8, 4) is 28.4 Å². The second-order valence-electron chi connectivity index (χ2n) is 7.07. The van der Waals surface area contributed by atoms with E-state index in [1.807, 2.05) is 0 Å². The number of hydrogen-bond acceptors (Lipinski definition) is 6. The SMILES string of the molecule is CC(C)(O)[C@@H]1Cc2c(cc(O)c3c(=O)c(-c4ccc(O)cc4)coc23)O1. The molecule has 6 nitrogen and oxygen atoms in total. The van der Waals surface area contributed by atoms with Crippen molar-refractivity contribution in [2.75, 3.05) is 0 Å². The molecule has 26 heavy (non-hydrogen) atoms. The van der Waals surface area contributed by atoms with E-state index >= 15 is 0 Å². The first-order chi connectivity index (χ1) is 12.3. The lowest BCUT2D eigenvalue weighted by Crippen LogP contribution is -2.39. The maximum atomic E-state index is 12.9. The number of fused-ring (bicyclic) bond motifs is 3. The number of hydrogen-bond donors (Lipinski definition) is 3. The summed E-state index contributed by atoms with van der Waals surface area (Å²) in [4.78, 5) is 12.9. The molecule has 0 aliphatic carbocycles. The van der Waals surface area contributed by atoms with Crippen molar-refractivity contribution in [2.24, 2.45) is 0 Å². The minimum atomic E-state index is -1.08. The van der Waals surface area contributed by atoms with Gasteiger partial charge in [0.25, 0.3) is 0 Å². The Morgan fingerprint density at radius 2 is 1.85 bits per heavy atom. The van der Waals surface area contributed by atoms with Gasteiger partial charge in [0, 0.05) is 18.1 Å². The molecule has 6 heteroatoms. The highest BCUT2D eigenvalue weighted by molar-refractivity contribution is 5.91. The van der Waals surface area contributed by atoms with Gasteiger partial charge >= 0.3 is 0 Å². The van der Waals surface area contributed by atoms with Gasteiger partial charge in [-0.1, -0.05) is 12.1 Å². The number of phenolic OH excluding ortho intramolecular Hbond substituents is 2. The normalized spacial score (nSPS) is 16.5. The van der Waals surface area contributed by atoms with Crippen LogP contribution in [0.25, 0.3) is 22.1 Å². The van der Waals surface area contributed by atoms with E-state index in [4.69, 9.17) is 9.15 Å². The van der Waals surface area contributed by atoms with Crippen LogP contribution in [-0.2, 0) is 6.42 Å². The summed E-state index contributed by atoms with van der Waals surface area (Å²) in [6.07, 6.45) is 1.22. The summed E-state index contributed by atoms with van der Waals surface area (Å²) < 4.78 is 11.4. The van der Waals surface area contributed by atoms with Gasteiger partial charge in [-0.15, -0.1) is 0 Å². The third kappa shape index (κ3) is 2.50. The summed E-state index contributed by atoms with van der Waals surface area (Å²) in [5, 5.41) is 30.1. The molecule has 0 bridgehead atoms. The number of aliphatic hydroxyl groups is 1. The zero-order valence-corrected chi connectivity index (χ0v) is 14.3. The van der Waals surface area contributed by atoms with E-state index in [1.54, 1.807) is 26.0 Å². The molecule has 0 saturated heterocycles. The van der Waals surface area contributed by atoms with E-state index in [0.717, 1.165) is 0 Å². The molecule has 0 amide bonds. The Morgan fingerprint density at radius 3 is 2.50 bits per heavy atom. The molecule has 1 aromatic heterocycles.